The number of nitrogens with two attached hydrogens (primary N) is 1. The van der Waals surface area contributed by atoms with Crippen LogP contribution in [0.25, 0.3) is 0 Å². The van der Waals surface area contributed by atoms with Crippen molar-refractivity contribution in [1.29, 1.82) is 5.26 Å². The fraction of sp³-hybridized carbons (Fsp3) is 0.133. The first kappa shape index (κ1) is 12.8. The maximum Gasteiger partial charge on any atom is 0.143 e. The summed E-state index contributed by atoms with van der Waals surface area (Å²) in [5, 5.41) is 12.1. The van der Waals surface area contributed by atoms with E-state index in [0.29, 0.717) is 17.0 Å². The van der Waals surface area contributed by atoms with Gasteiger partial charge in [0.15, 0.2) is 0 Å². The lowest BCUT2D eigenvalue weighted by atomic mass is 10.1. The van der Waals surface area contributed by atoms with E-state index in [2.05, 4.69) is 11.4 Å². The molecule has 0 amide bonds. The van der Waals surface area contributed by atoms with E-state index in [1.165, 1.54) is 0 Å². The molecule has 96 valence electrons. The highest BCUT2D eigenvalue weighted by Crippen LogP contribution is 2.31. The van der Waals surface area contributed by atoms with Crippen LogP contribution in [0, 0.1) is 18.3 Å². The Morgan fingerprint density at radius 3 is 2.63 bits per heavy atom. The molecule has 0 atom stereocenters. The Bertz CT molecular complexity index is 644. The fourth-order valence-corrected chi connectivity index (χ4v) is 1.79. The Hall–Kier alpha value is -2.67. The number of rotatable bonds is 3. The normalized spacial score (nSPS) is 9.74. The molecule has 2 aromatic carbocycles. The number of ether oxygens (including phenoxy) is 1. The predicted octanol–water partition coefficient (Wildman–Crippen LogP) is 3.20. The zero-order valence-corrected chi connectivity index (χ0v) is 10.9. The van der Waals surface area contributed by atoms with Crippen molar-refractivity contribution < 1.29 is 4.74 Å². The number of anilines is 3. The van der Waals surface area contributed by atoms with Gasteiger partial charge < -0.3 is 15.8 Å². The van der Waals surface area contributed by atoms with E-state index in [1.54, 1.807) is 25.3 Å². The summed E-state index contributed by atoms with van der Waals surface area (Å²) in [5.74, 6) is 0.611. The average molecular weight is 253 g/mol. The van der Waals surface area contributed by atoms with Crippen molar-refractivity contribution in [1.82, 2.24) is 0 Å². The number of methoxy groups -OCH3 is 1. The molecule has 4 heteroatoms. The highest BCUT2D eigenvalue weighted by Gasteiger charge is 2.06. The first-order chi connectivity index (χ1) is 9.13. The number of nitrogens with zero attached hydrogens (tertiary/aromatic N) is 1. The van der Waals surface area contributed by atoms with Gasteiger partial charge in [0, 0.05) is 6.07 Å². The predicted molar refractivity (Wildman–Crippen MR) is 76.6 cm³/mol. The molecule has 0 unspecified atom stereocenters. The van der Waals surface area contributed by atoms with E-state index in [0.717, 1.165) is 16.9 Å². The molecule has 0 aliphatic carbocycles. The second kappa shape index (κ2) is 5.32. The summed E-state index contributed by atoms with van der Waals surface area (Å²) in [4.78, 5) is 0. The largest absolute Gasteiger partial charge is 0.495 e. The second-order valence-electron chi connectivity index (χ2n) is 4.24. The molecule has 0 saturated carbocycles. The topological polar surface area (TPSA) is 71.1 Å². The van der Waals surface area contributed by atoms with Gasteiger partial charge in [-0.05, 0) is 36.8 Å². The van der Waals surface area contributed by atoms with E-state index in [1.807, 2.05) is 25.1 Å². The van der Waals surface area contributed by atoms with Crippen molar-refractivity contribution in [3.8, 4) is 11.8 Å². The molecule has 0 aliphatic heterocycles. The van der Waals surface area contributed by atoms with Crippen LogP contribution >= 0.6 is 0 Å². The molecule has 19 heavy (non-hydrogen) atoms. The van der Waals surface area contributed by atoms with E-state index < -0.39 is 0 Å². The summed E-state index contributed by atoms with van der Waals surface area (Å²) >= 11 is 0. The molecule has 4 nitrogen and oxygen atoms in total. The van der Waals surface area contributed by atoms with Crippen LogP contribution in [0.15, 0.2) is 36.4 Å². The van der Waals surface area contributed by atoms with Crippen molar-refractivity contribution >= 4 is 17.1 Å². The van der Waals surface area contributed by atoms with Gasteiger partial charge in [0.2, 0.25) is 0 Å². The van der Waals surface area contributed by atoms with Gasteiger partial charge >= 0.3 is 0 Å². The van der Waals surface area contributed by atoms with Crippen LogP contribution in [-0.4, -0.2) is 7.11 Å². The Balaban J connectivity index is 2.38. The number of benzene rings is 2. The Morgan fingerprint density at radius 1 is 1.16 bits per heavy atom. The molecular weight excluding hydrogens is 238 g/mol. The number of nitriles is 1. The van der Waals surface area contributed by atoms with Gasteiger partial charge in [0.1, 0.15) is 5.75 Å². The average Bonchev–Trinajstić information content (AvgIpc) is 2.43. The quantitative estimate of drug-likeness (QED) is 0.824. The molecule has 0 fully saturated rings. The van der Waals surface area contributed by atoms with Crippen LogP contribution in [-0.2, 0) is 0 Å². The molecule has 0 aromatic heterocycles. The summed E-state index contributed by atoms with van der Waals surface area (Å²) in [6.45, 7) is 2.00. The highest BCUT2D eigenvalue weighted by atomic mass is 16.5. The van der Waals surface area contributed by atoms with Crippen LogP contribution in [0.1, 0.15) is 11.1 Å². The van der Waals surface area contributed by atoms with Crippen molar-refractivity contribution in [2.75, 3.05) is 18.2 Å². The third-order valence-corrected chi connectivity index (χ3v) is 2.81. The monoisotopic (exact) mass is 253 g/mol. The van der Waals surface area contributed by atoms with Crippen molar-refractivity contribution in [3.63, 3.8) is 0 Å². The molecule has 0 bridgehead atoms. The van der Waals surface area contributed by atoms with Gasteiger partial charge in [-0.1, -0.05) is 6.07 Å². The zero-order valence-electron chi connectivity index (χ0n) is 10.9. The van der Waals surface area contributed by atoms with Crippen LogP contribution in [0.2, 0.25) is 0 Å². The molecule has 0 aliphatic rings. The molecule has 0 saturated heterocycles. The van der Waals surface area contributed by atoms with Gasteiger partial charge in [-0.2, -0.15) is 5.26 Å². The number of nitrogens with one attached hydrogen (secondary N) is 1. The molecule has 0 radical (unpaired) electrons. The molecule has 0 heterocycles. The van der Waals surface area contributed by atoms with Crippen molar-refractivity contribution in [2.24, 2.45) is 0 Å². The van der Waals surface area contributed by atoms with Crippen LogP contribution in [0.3, 0.4) is 0 Å². The smallest absolute Gasteiger partial charge is 0.143 e. The summed E-state index contributed by atoms with van der Waals surface area (Å²) < 4.78 is 5.28. The summed E-state index contributed by atoms with van der Waals surface area (Å²) in [5.41, 5.74) is 9.86. The summed E-state index contributed by atoms with van der Waals surface area (Å²) in [7, 11) is 1.57. The number of hydrogen-bond donors (Lipinski definition) is 2. The number of nitrogen functional groups attached to an aromatic ring is 1. The Morgan fingerprint density at radius 2 is 1.95 bits per heavy atom. The molecule has 2 rings (SSSR count). The third-order valence-electron chi connectivity index (χ3n) is 2.81. The van der Waals surface area contributed by atoms with Crippen LogP contribution in [0.5, 0.6) is 5.75 Å². The van der Waals surface area contributed by atoms with E-state index >= 15 is 0 Å². The van der Waals surface area contributed by atoms with E-state index in [4.69, 9.17) is 15.7 Å². The standard InChI is InChI=1S/C15H15N3O/c1-10-3-5-12(17)14(7-10)18-13-6-4-11(9-16)8-15(13)19-2/h3-8,18H,17H2,1-2H3. The first-order valence-corrected chi connectivity index (χ1v) is 5.85. The maximum atomic E-state index is 8.87. The highest BCUT2D eigenvalue weighted by molar-refractivity contribution is 5.76. The van der Waals surface area contributed by atoms with Gasteiger partial charge in [-0.25, -0.2) is 0 Å². The zero-order chi connectivity index (χ0) is 13.8. The first-order valence-electron chi connectivity index (χ1n) is 5.85. The molecule has 3 N–H and O–H groups in total. The van der Waals surface area contributed by atoms with E-state index in [-0.39, 0.29) is 0 Å². The van der Waals surface area contributed by atoms with Gasteiger partial charge in [0.25, 0.3) is 0 Å². The lowest BCUT2D eigenvalue weighted by Crippen LogP contribution is -1.99. The molecule has 2 aromatic rings. The minimum atomic E-state index is 0.555. The lowest BCUT2D eigenvalue weighted by molar-refractivity contribution is 0.416. The third kappa shape index (κ3) is 2.78. The maximum absolute atomic E-state index is 8.87. The lowest BCUT2D eigenvalue weighted by Gasteiger charge is -2.13. The molecular formula is C15H15N3O. The Labute approximate surface area is 112 Å². The van der Waals surface area contributed by atoms with Gasteiger partial charge in [-0.15, -0.1) is 0 Å². The van der Waals surface area contributed by atoms with Crippen LogP contribution in [0.4, 0.5) is 17.1 Å². The number of aryl methyl sites for hydroxylation is 1. The van der Waals surface area contributed by atoms with Crippen molar-refractivity contribution in [3.05, 3.63) is 47.5 Å². The van der Waals surface area contributed by atoms with Gasteiger partial charge in [-0.3, -0.25) is 0 Å². The minimum absolute atomic E-state index is 0.555. The Kier molecular flexibility index (Phi) is 3.58. The second-order valence-corrected chi connectivity index (χ2v) is 4.24. The van der Waals surface area contributed by atoms with Gasteiger partial charge in [0.05, 0.1) is 35.8 Å². The van der Waals surface area contributed by atoms with Crippen LogP contribution < -0.4 is 15.8 Å². The SMILES string of the molecule is COc1cc(C#N)ccc1Nc1cc(C)ccc1N. The van der Waals surface area contributed by atoms with Crippen molar-refractivity contribution in [2.45, 2.75) is 6.92 Å². The fourth-order valence-electron chi connectivity index (χ4n) is 1.79. The summed E-state index contributed by atoms with van der Waals surface area (Å²) in [6, 6.07) is 13.1. The number of hydrogen-bond acceptors (Lipinski definition) is 4. The van der Waals surface area contributed by atoms with E-state index in [9.17, 15) is 0 Å². The molecule has 0 spiro atoms. The minimum Gasteiger partial charge on any atom is -0.495 e. The summed E-state index contributed by atoms with van der Waals surface area (Å²) in [6.07, 6.45) is 0.